The molecule has 3 rings (SSSR count). The number of anilines is 2. The zero-order chi connectivity index (χ0) is 23.3. The van der Waals surface area contributed by atoms with Crippen molar-refractivity contribution >= 4 is 17.3 Å². The summed E-state index contributed by atoms with van der Waals surface area (Å²) in [7, 11) is 0. The molecule has 0 saturated heterocycles. The van der Waals surface area contributed by atoms with E-state index in [1.165, 1.54) is 11.0 Å². The summed E-state index contributed by atoms with van der Waals surface area (Å²) in [6, 6.07) is 6.08. The molecule has 31 heavy (non-hydrogen) atoms. The maximum atomic E-state index is 13.5. The van der Waals surface area contributed by atoms with Crippen LogP contribution < -0.4 is 10.2 Å². The molecule has 1 amide bonds. The molecule has 0 spiro atoms. The van der Waals surface area contributed by atoms with E-state index in [1.54, 1.807) is 0 Å². The summed E-state index contributed by atoms with van der Waals surface area (Å²) in [5, 5.41) is 21.1. The third kappa shape index (κ3) is 5.49. The Bertz CT molecular complexity index is 1000. The second-order valence-electron chi connectivity index (χ2n) is 6.47. The van der Waals surface area contributed by atoms with Crippen molar-refractivity contribution in [2.24, 2.45) is 0 Å². The van der Waals surface area contributed by atoms with Crippen LogP contribution in [-0.4, -0.2) is 30.2 Å². The fourth-order valence-corrected chi connectivity index (χ4v) is 3.11. The van der Waals surface area contributed by atoms with Crippen LogP contribution in [0.25, 0.3) is 0 Å². The molecule has 5 nitrogen and oxygen atoms in total. The number of β-amino-alcohol motifs (C(OH)–C–C–N with tert-alkyl or cyclic N) is 1. The van der Waals surface area contributed by atoms with E-state index in [2.05, 4.69) is 5.32 Å². The first-order chi connectivity index (χ1) is 14.6. The molecule has 10 heteroatoms. The van der Waals surface area contributed by atoms with Gasteiger partial charge in [0.25, 0.3) is 5.91 Å². The predicted molar refractivity (Wildman–Crippen MR) is 104 cm³/mol. The van der Waals surface area contributed by atoms with E-state index < -0.39 is 40.9 Å². The van der Waals surface area contributed by atoms with E-state index in [4.69, 9.17) is 5.26 Å². The fraction of sp³-hybridized carbons (Fsp3) is 0.333. The fourth-order valence-electron chi connectivity index (χ4n) is 3.11. The molecule has 0 radical (unpaired) electrons. The highest BCUT2D eigenvalue weighted by molar-refractivity contribution is 5.94. The number of benzene rings is 2. The number of hydrogen-bond acceptors (Lipinski definition) is 4. The number of alkyl halides is 3. The molecule has 1 atom stereocenters. The highest BCUT2D eigenvalue weighted by atomic mass is 19.4. The number of hydrogen-bond donors (Lipinski definition) is 2. The number of carbonyl (C=O) groups is 1. The van der Waals surface area contributed by atoms with Crippen molar-refractivity contribution in [1.29, 1.82) is 5.26 Å². The molecule has 0 aromatic heterocycles. The Balaban J connectivity index is 0.00000166. The number of nitriles is 1. The number of halogens is 5. The van der Waals surface area contributed by atoms with Gasteiger partial charge in [-0.15, -0.1) is 0 Å². The van der Waals surface area contributed by atoms with Gasteiger partial charge in [0.05, 0.1) is 23.7 Å². The van der Waals surface area contributed by atoms with Gasteiger partial charge in [0.15, 0.2) is 17.7 Å². The SMILES string of the molecule is CC.N#Cc1ccc(NC(=O)C(O)CN2CCc3cc(F)c(F)cc32)cc1C(F)(F)F. The minimum absolute atomic E-state index is 0.240. The maximum absolute atomic E-state index is 13.5. The van der Waals surface area contributed by atoms with Crippen LogP contribution in [0.4, 0.5) is 33.3 Å². The molecule has 0 saturated carbocycles. The largest absolute Gasteiger partial charge is 0.417 e. The highest BCUT2D eigenvalue weighted by Gasteiger charge is 2.34. The van der Waals surface area contributed by atoms with Gasteiger partial charge < -0.3 is 15.3 Å². The van der Waals surface area contributed by atoms with Crippen LogP contribution in [-0.2, 0) is 17.4 Å². The Kier molecular flexibility index (Phi) is 7.57. The van der Waals surface area contributed by atoms with E-state index in [0.29, 0.717) is 30.3 Å². The first-order valence-electron chi connectivity index (χ1n) is 9.43. The van der Waals surface area contributed by atoms with Crippen LogP contribution in [0.5, 0.6) is 0 Å². The molecule has 2 aromatic carbocycles. The lowest BCUT2D eigenvalue weighted by Crippen LogP contribution is -2.39. The van der Waals surface area contributed by atoms with Crippen molar-refractivity contribution < 1.29 is 31.9 Å². The van der Waals surface area contributed by atoms with Gasteiger partial charge in [-0.1, -0.05) is 13.8 Å². The Morgan fingerprint density at radius 1 is 1.23 bits per heavy atom. The van der Waals surface area contributed by atoms with Crippen LogP contribution in [0, 0.1) is 23.0 Å². The number of aliphatic hydroxyl groups excluding tert-OH is 1. The Labute approximate surface area is 175 Å². The second kappa shape index (κ2) is 9.75. The van der Waals surface area contributed by atoms with Crippen LogP contribution in [0.15, 0.2) is 30.3 Å². The lowest BCUT2D eigenvalue weighted by molar-refractivity contribution is -0.137. The summed E-state index contributed by atoms with van der Waals surface area (Å²) in [5.74, 6) is -3.03. The standard InChI is InChI=1S/C19H14F5N3O2.C2H6/c20-14-5-10-3-4-27(16(10)7-15(14)21)9-17(28)18(29)26-12-2-1-11(8-25)13(6-12)19(22,23)24;1-2/h1-2,5-7,17,28H,3-4,9H2,(H,26,29);1-2H3. The number of carbonyl (C=O) groups excluding carboxylic acids is 1. The lowest BCUT2D eigenvalue weighted by atomic mass is 10.1. The molecule has 1 aliphatic heterocycles. The molecule has 1 unspecified atom stereocenters. The minimum atomic E-state index is -4.79. The second-order valence-corrected chi connectivity index (χ2v) is 6.47. The molecule has 0 bridgehead atoms. The van der Waals surface area contributed by atoms with Gasteiger partial charge in [-0.05, 0) is 36.2 Å². The van der Waals surface area contributed by atoms with Gasteiger partial charge in [-0.2, -0.15) is 18.4 Å². The predicted octanol–water partition coefficient (Wildman–Crippen LogP) is 4.24. The number of nitrogens with zero attached hydrogens (tertiary/aromatic N) is 2. The maximum Gasteiger partial charge on any atom is 0.417 e. The van der Waals surface area contributed by atoms with Crippen molar-refractivity contribution in [1.82, 2.24) is 0 Å². The third-order valence-electron chi connectivity index (χ3n) is 4.52. The molecular weight excluding hydrogens is 421 g/mol. The minimum Gasteiger partial charge on any atom is -0.381 e. The van der Waals surface area contributed by atoms with Gasteiger partial charge in [0, 0.05) is 24.0 Å². The molecule has 166 valence electrons. The summed E-state index contributed by atoms with van der Waals surface area (Å²) in [6.45, 7) is 4.06. The van der Waals surface area contributed by atoms with Gasteiger partial charge in [-0.3, -0.25) is 4.79 Å². The van der Waals surface area contributed by atoms with E-state index in [1.807, 2.05) is 13.8 Å². The Hall–Kier alpha value is -3.19. The van der Waals surface area contributed by atoms with Gasteiger partial charge in [0.1, 0.15) is 0 Å². The Morgan fingerprint density at radius 2 is 1.87 bits per heavy atom. The molecular formula is C21H20F5N3O2. The van der Waals surface area contributed by atoms with E-state index in [0.717, 1.165) is 24.3 Å². The first-order valence-corrected chi connectivity index (χ1v) is 9.43. The first kappa shape index (κ1) is 24.1. The van der Waals surface area contributed by atoms with Crippen LogP contribution in [0.2, 0.25) is 0 Å². The molecule has 2 aromatic rings. The summed E-state index contributed by atoms with van der Waals surface area (Å²) >= 11 is 0. The van der Waals surface area contributed by atoms with Crippen molar-refractivity contribution in [3.8, 4) is 6.07 Å². The zero-order valence-electron chi connectivity index (χ0n) is 16.7. The average Bonchev–Trinajstić information content (AvgIpc) is 3.10. The van der Waals surface area contributed by atoms with Crippen LogP contribution >= 0.6 is 0 Å². The third-order valence-corrected chi connectivity index (χ3v) is 4.52. The van der Waals surface area contributed by atoms with Crippen molar-refractivity contribution in [3.63, 3.8) is 0 Å². The monoisotopic (exact) mass is 441 g/mol. The van der Waals surface area contributed by atoms with Gasteiger partial charge in [-0.25, -0.2) is 8.78 Å². The molecule has 0 aliphatic carbocycles. The lowest BCUT2D eigenvalue weighted by Gasteiger charge is -2.22. The normalized spacial score (nSPS) is 13.6. The number of amides is 1. The van der Waals surface area contributed by atoms with Crippen LogP contribution in [0.3, 0.4) is 0 Å². The molecule has 1 aliphatic rings. The number of rotatable bonds is 4. The van der Waals surface area contributed by atoms with Crippen LogP contribution in [0.1, 0.15) is 30.5 Å². The summed E-state index contributed by atoms with van der Waals surface area (Å²) in [6.07, 6.45) is -6.03. The molecule has 2 N–H and O–H groups in total. The zero-order valence-corrected chi connectivity index (χ0v) is 16.7. The van der Waals surface area contributed by atoms with Crippen molar-refractivity contribution in [3.05, 3.63) is 58.7 Å². The highest BCUT2D eigenvalue weighted by Crippen LogP contribution is 2.34. The molecule has 1 heterocycles. The van der Waals surface area contributed by atoms with E-state index >= 15 is 0 Å². The summed E-state index contributed by atoms with van der Waals surface area (Å²) in [4.78, 5) is 13.7. The smallest absolute Gasteiger partial charge is 0.381 e. The van der Waals surface area contributed by atoms with Gasteiger partial charge in [0.2, 0.25) is 0 Å². The summed E-state index contributed by atoms with van der Waals surface area (Å²) < 4.78 is 65.8. The number of aliphatic hydroxyl groups is 1. The average molecular weight is 441 g/mol. The quantitative estimate of drug-likeness (QED) is 0.696. The van der Waals surface area contributed by atoms with E-state index in [-0.39, 0.29) is 12.2 Å². The topological polar surface area (TPSA) is 76.4 Å². The van der Waals surface area contributed by atoms with E-state index in [9.17, 15) is 31.9 Å². The van der Waals surface area contributed by atoms with Crippen molar-refractivity contribution in [2.75, 3.05) is 23.3 Å². The summed E-state index contributed by atoms with van der Waals surface area (Å²) in [5.41, 5.74) is -1.18. The molecule has 0 fully saturated rings. The Morgan fingerprint density at radius 3 is 2.48 bits per heavy atom. The number of fused-ring (bicyclic) bond motifs is 1. The van der Waals surface area contributed by atoms with Gasteiger partial charge >= 0.3 is 6.18 Å². The van der Waals surface area contributed by atoms with Crippen molar-refractivity contribution in [2.45, 2.75) is 32.5 Å². The number of nitrogens with one attached hydrogen (secondary N) is 1.